The van der Waals surface area contributed by atoms with E-state index in [0.29, 0.717) is 24.3 Å². The van der Waals surface area contributed by atoms with Gasteiger partial charge in [-0.05, 0) is 13.3 Å². The molecule has 0 atom stereocenters. The first-order valence-electron chi connectivity index (χ1n) is 6.84. The summed E-state index contributed by atoms with van der Waals surface area (Å²) in [5, 5.41) is 0. The molecule has 0 aromatic carbocycles. The minimum Gasteiger partial charge on any atom is -0.361 e. The number of aromatic nitrogens is 4. The second-order valence-corrected chi connectivity index (χ2v) is 4.66. The van der Waals surface area contributed by atoms with Crippen LogP contribution in [0, 0.1) is 0 Å². The number of hydrogen-bond acceptors (Lipinski definition) is 4. The smallest absolute Gasteiger partial charge is 0.332 e. The Kier molecular flexibility index (Phi) is 4.39. The van der Waals surface area contributed by atoms with Gasteiger partial charge in [0.25, 0.3) is 5.56 Å². The van der Waals surface area contributed by atoms with E-state index in [1.54, 1.807) is 11.6 Å². The summed E-state index contributed by atoms with van der Waals surface area (Å²) in [6.07, 6.45) is 3.25. The molecule has 0 aliphatic carbocycles. The molecule has 7 nitrogen and oxygen atoms in total. The third-order valence-electron chi connectivity index (χ3n) is 3.27. The predicted molar refractivity (Wildman–Crippen MR) is 75.8 cm³/mol. The van der Waals surface area contributed by atoms with Crippen LogP contribution in [0.4, 0.5) is 0 Å². The van der Waals surface area contributed by atoms with E-state index in [1.807, 2.05) is 13.8 Å². The standard InChI is InChI=1S/C13H20N4O3/c1-4-6-7-17-12(18)10-11(15(3)13(17)19)14-8-16(10)9-20-5-2/h8H,4-7,9H2,1-3H3. The first-order valence-corrected chi connectivity index (χ1v) is 6.84. The van der Waals surface area contributed by atoms with Crippen molar-refractivity contribution in [3.8, 4) is 0 Å². The second kappa shape index (κ2) is 6.04. The molecule has 0 spiro atoms. The maximum absolute atomic E-state index is 12.5. The summed E-state index contributed by atoms with van der Waals surface area (Å²) in [4.78, 5) is 28.8. The molecule has 0 saturated carbocycles. The highest BCUT2D eigenvalue weighted by Gasteiger charge is 2.15. The molecule has 0 radical (unpaired) electrons. The number of hydrogen-bond donors (Lipinski definition) is 0. The molecule has 20 heavy (non-hydrogen) atoms. The highest BCUT2D eigenvalue weighted by molar-refractivity contribution is 5.69. The fraction of sp³-hybridized carbons (Fsp3) is 0.615. The molecule has 110 valence electrons. The van der Waals surface area contributed by atoms with Gasteiger partial charge in [0.05, 0.1) is 6.33 Å². The van der Waals surface area contributed by atoms with E-state index in [1.165, 1.54) is 15.5 Å². The van der Waals surface area contributed by atoms with Gasteiger partial charge in [0.2, 0.25) is 0 Å². The number of nitrogens with zero attached hydrogens (tertiary/aromatic N) is 4. The van der Waals surface area contributed by atoms with Crippen LogP contribution in [-0.2, 0) is 25.1 Å². The van der Waals surface area contributed by atoms with Crippen LogP contribution in [-0.4, -0.2) is 25.3 Å². The summed E-state index contributed by atoms with van der Waals surface area (Å²) in [6, 6.07) is 0. The van der Waals surface area contributed by atoms with Crippen molar-refractivity contribution in [3.63, 3.8) is 0 Å². The number of ether oxygens (including phenoxy) is 1. The lowest BCUT2D eigenvalue weighted by Gasteiger charge is -2.09. The summed E-state index contributed by atoms with van der Waals surface area (Å²) < 4.78 is 9.65. The van der Waals surface area contributed by atoms with E-state index in [2.05, 4.69) is 4.98 Å². The molecule has 0 bridgehead atoms. The van der Waals surface area contributed by atoms with Crippen LogP contribution in [0.5, 0.6) is 0 Å². The molecular formula is C13H20N4O3. The number of unbranched alkanes of at least 4 members (excludes halogenated alkanes) is 1. The zero-order chi connectivity index (χ0) is 14.7. The first kappa shape index (κ1) is 14.5. The summed E-state index contributed by atoms with van der Waals surface area (Å²) in [5.41, 5.74) is 0.190. The Morgan fingerprint density at radius 3 is 2.70 bits per heavy atom. The Morgan fingerprint density at radius 2 is 2.05 bits per heavy atom. The highest BCUT2D eigenvalue weighted by atomic mass is 16.5. The van der Waals surface area contributed by atoms with Crippen molar-refractivity contribution in [2.75, 3.05) is 6.61 Å². The molecule has 0 unspecified atom stereocenters. The van der Waals surface area contributed by atoms with Gasteiger partial charge in [0.1, 0.15) is 6.73 Å². The van der Waals surface area contributed by atoms with Crippen molar-refractivity contribution in [1.82, 2.24) is 18.7 Å². The summed E-state index contributed by atoms with van der Waals surface area (Å²) >= 11 is 0. The average Bonchev–Trinajstić information content (AvgIpc) is 2.87. The molecular weight excluding hydrogens is 260 g/mol. The van der Waals surface area contributed by atoms with Crippen LogP contribution in [0.3, 0.4) is 0 Å². The third kappa shape index (κ3) is 2.40. The molecule has 0 amide bonds. The summed E-state index contributed by atoms with van der Waals surface area (Å²) in [5.74, 6) is 0. The van der Waals surface area contributed by atoms with Crippen molar-refractivity contribution in [2.45, 2.75) is 40.0 Å². The van der Waals surface area contributed by atoms with E-state index in [4.69, 9.17) is 4.74 Å². The molecule has 2 aromatic heterocycles. The number of fused-ring (bicyclic) bond motifs is 1. The quantitative estimate of drug-likeness (QED) is 0.780. The van der Waals surface area contributed by atoms with Crippen LogP contribution in [0.25, 0.3) is 11.2 Å². The van der Waals surface area contributed by atoms with Crippen molar-refractivity contribution < 1.29 is 4.74 Å². The Morgan fingerprint density at radius 1 is 1.30 bits per heavy atom. The van der Waals surface area contributed by atoms with Crippen LogP contribution in [0.15, 0.2) is 15.9 Å². The van der Waals surface area contributed by atoms with Gasteiger partial charge in [-0.3, -0.25) is 13.9 Å². The van der Waals surface area contributed by atoms with Gasteiger partial charge in [0, 0.05) is 20.2 Å². The molecule has 7 heteroatoms. The maximum atomic E-state index is 12.5. The summed E-state index contributed by atoms with van der Waals surface area (Å²) in [7, 11) is 1.63. The van der Waals surface area contributed by atoms with E-state index >= 15 is 0 Å². The lowest BCUT2D eigenvalue weighted by atomic mass is 10.3. The van der Waals surface area contributed by atoms with Crippen LogP contribution < -0.4 is 11.2 Å². The topological polar surface area (TPSA) is 71.0 Å². The lowest BCUT2D eigenvalue weighted by Crippen LogP contribution is -2.39. The van der Waals surface area contributed by atoms with Crippen molar-refractivity contribution in [3.05, 3.63) is 27.2 Å². The third-order valence-corrected chi connectivity index (χ3v) is 3.27. The van der Waals surface area contributed by atoms with Crippen LogP contribution in [0.2, 0.25) is 0 Å². The zero-order valence-corrected chi connectivity index (χ0v) is 12.1. The zero-order valence-electron chi connectivity index (χ0n) is 12.1. The largest absolute Gasteiger partial charge is 0.361 e. The van der Waals surface area contributed by atoms with E-state index in [9.17, 15) is 9.59 Å². The Hall–Kier alpha value is -1.89. The normalized spacial score (nSPS) is 11.3. The first-order chi connectivity index (χ1) is 9.61. The Labute approximate surface area is 116 Å². The van der Waals surface area contributed by atoms with Crippen molar-refractivity contribution >= 4 is 11.2 Å². The van der Waals surface area contributed by atoms with Gasteiger partial charge >= 0.3 is 5.69 Å². The Bertz CT molecular complexity index is 711. The minimum absolute atomic E-state index is 0.258. The number of rotatable bonds is 6. The van der Waals surface area contributed by atoms with Gasteiger partial charge in [-0.1, -0.05) is 13.3 Å². The molecule has 2 aromatic rings. The molecule has 2 heterocycles. The Balaban J connectivity index is 2.64. The molecule has 0 N–H and O–H groups in total. The predicted octanol–water partition coefficient (Wildman–Crippen LogP) is 0.691. The SMILES string of the molecule is CCCCn1c(=O)c2c(ncn2COCC)n(C)c1=O. The second-order valence-electron chi connectivity index (χ2n) is 4.66. The van der Waals surface area contributed by atoms with Gasteiger partial charge in [0.15, 0.2) is 11.2 Å². The lowest BCUT2D eigenvalue weighted by molar-refractivity contribution is 0.0903. The van der Waals surface area contributed by atoms with Crippen molar-refractivity contribution in [2.24, 2.45) is 7.05 Å². The van der Waals surface area contributed by atoms with E-state index in [-0.39, 0.29) is 18.0 Å². The van der Waals surface area contributed by atoms with E-state index < -0.39 is 0 Å². The minimum atomic E-state index is -0.322. The van der Waals surface area contributed by atoms with Gasteiger partial charge in [-0.25, -0.2) is 9.78 Å². The van der Waals surface area contributed by atoms with Gasteiger partial charge in [-0.15, -0.1) is 0 Å². The maximum Gasteiger partial charge on any atom is 0.332 e. The number of aryl methyl sites for hydroxylation is 1. The van der Waals surface area contributed by atoms with Crippen LogP contribution >= 0.6 is 0 Å². The average molecular weight is 280 g/mol. The van der Waals surface area contributed by atoms with E-state index in [0.717, 1.165) is 12.8 Å². The molecule has 2 rings (SSSR count). The summed E-state index contributed by atoms with van der Waals surface area (Å²) in [6.45, 7) is 5.14. The molecule has 0 fully saturated rings. The number of imidazole rings is 1. The molecule has 0 aliphatic rings. The van der Waals surface area contributed by atoms with Gasteiger partial charge < -0.3 is 9.30 Å². The monoisotopic (exact) mass is 280 g/mol. The fourth-order valence-corrected chi connectivity index (χ4v) is 2.12. The molecule has 0 aliphatic heterocycles. The van der Waals surface area contributed by atoms with Crippen molar-refractivity contribution in [1.29, 1.82) is 0 Å². The van der Waals surface area contributed by atoms with Gasteiger partial charge in [-0.2, -0.15) is 0 Å². The fourth-order valence-electron chi connectivity index (χ4n) is 2.12. The van der Waals surface area contributed by atoms with Crippen LogP contribution in [0.1, 0.15) is 26.7 Å². The highest BCUT2D eigenvalue weighted by Crippen LogP contribution is 2.06. The molecule has 0 saturated heterocycles.